The van der Waals surface area contributed by atoms with Crippen LogP contribution >= 0.6 is 0 Å². The second-order valence-electron chi connectivity index (χ2n) is 5.17. The second kappa shape index (κ2) is 6.24. The molecule has 0 unspecified atom stereocenters. The molecule has 1 aliphatic rings. The normalized spacial score (nSPS) is 24.7. The maximum atomic E-state index is 4.23. The molecule has 1 aromatic heterocycles. The highest BCUT2D eigenvalue weighted by Gasteiger charge is 2.24. The van der Waals surface area contributed by atoms with Crippen LogP contribution in [0.5, 0.6) is 0 Å². The van der Waals surface area contributed by atoms with E-state index in [0.29, 0.717) is 12.1 Å². The van der Waals surface area contributed by atoms with Gasteiger partial charge in [0, 0.05) is 12.1 Å². The predicted molar refractivity (Wildman–Crippen MR) is 70.0 cm³/mol. The van der Waals surface area contributed by atoms with Gasteiger partial charge in [-0.15, -0.1) is 10.2 Å². The lowest BCUT2D eigenvalue weighted by Crippen LogP contribution is -2.40. The summed E-state index contributed by atoms with van der Waals surface area (Å²) in [5, 5.41) is 15.7. The molecule has 0 aromatic carbocycles. The van der Waals surface area contributed by atoms with Gasteiger partial charge in [0.2, 0.25) is 0 Å². The number of rotatable bonds is 5. The summed E-state index contributed by atoms with van der Waals surface area (Å²) in [4.78, 5) is 3.88. The topological polar surface area (TPSA) is 58.9 Å². The lowest BCUT2D eigenvalue weighted by atomic mass is 9.90. The van der Waals surface area contributed by atoms with Crippen molar-refractivity contribution in [1.82, 2.24) is 30.4 Å². The third kappa shape index (κ3) is 3.49. The molecular weight excluding hydrogens is 228 g/mol. The van der Waals surface area contributed by atoms with Gasteiger partial charge in [0.15, 0.2) is 5.82 Å². The van der Waals surface area contributed by atoms with Crippen molar-refractivity contribution >= 4 is 0 Å². The highest BCUT2D eigenvalue weighted by molar-refractivity contribution is 4.84. The Labute approximate surface area is 109 Å². The standard InChI is InChI=1S/C12H24N6/c1-4-13-10-5-7-11(8-6-10)17(2)9-12-14-16-18(3)15-12/h10-11,13H,4-9H2,1-3H3. The van der Waals surface area contributed by atoms with Gasteiger partial charge in [-0.2, -0.15) is 4.80 Å². The SMILES string of the molecule is CCNC1CCC(N(C)Cc2nnn(C)n2)CC1. The number of nitrogens with zero attached hydrogens (tertiary/aromatic N) is 5. The molecule has 1 saturated carbocycles. The summed E-state index contributed by atoms with van der Waals surface area (Å²) in [7, 11) is 3.97. The Balaban J connectivity index is 1.78. The van der Waals surface area contributed by atoms with Crippen LogP contribution in [0.15, 0.2) is 0 Å². The Kier molecular flexibility index (Phi) is 4.66. The Hall–Kier alpha value is -1.01. The van der Waals surface area contributed by atoms with Gasteiger partial charge >= 0.3 is 0 Å². The minimum atomic E-state index is 0.656. The molecule has 0 aliphatic heterocycles. The van der Waals surface area contributed by atoms with Crippen LogP contribution in [0.4, 0.5) is 0 Å². The van der Waals surface area contributed by atoms with E-state index in [2.05, 4.69) is 39.6 Å². The van der Waals surface area contributed by atoms with Crippen molar-refractivity contribution in [3.8, 4) is 0 Å². The first-order valence-corrected chi connectivity index (χ1v) is 6.85. The monoisotopic (exact) mass is 252 g/mol. The fraction of sp³-hybridized carbons (Fsp3) is 0.917. The molecule has 6 nitrogen and oxygen atoms in total. The lowest BCUT2D eigenvalue weighted by molar-refractivity contribution is 0.165. The number of hydrogen-bond donors (Lipinski definition) is 1. The van der Waals surface area contributed by atoms with E-state index < -0.39 is 0 Å². The van der Waals surface area contributed by atoms with Gasteiger partial charge in [-0.05, 0) is 44.5 Å². The molecule has 1 aliphatic carbocycles. The van der Waals surface area contributed by atoms with Crippen LogP contribution in [0.3, 0.4) is 0 Å². The van der Waals surface area contributed by atoms with E-state index >= 15 is 0 Å². The van der Waals surface area contributed by atoms with Gasteiger partial charge in [-0.1, -0.05) is 6.92 Å². The molecule has 1 aromatic rings. The van der Waals surface area contributed by atoms with Crippen molar-refractivity contribution in [3.05, 3.63) is 5.82 Å². The summed E-state index contributed by atoms with van der Waals surface area (Å²) in [6.07, 6.45) is 5.07. The van der Waals surface area contributed by atoms with Gasteiger partial charge in [0.25, 0.3) is 0 Å². The maximum absolute atomic E-state index is 4.23. The maximum Gasteiger partial charge on any atom is 0.188 e. The fourth-order valence-electron chi connectivity index (χ4n) is 2.75. The molecule has 18 heavy (non-hydrogen) atoms. The van der Waals surface area contributed by atoms with Crippen LogP contribution in [-0.4, -0.2) is 50.8 Å². The van der Waals surface area contributed by atoms with E-state index in [9.17, 15) is 0 Å². The minimum absolute atomic E-state index is 0.656. The summed E-state index contributed by atoms with van der Waals surface area (Å²) in [6.45, 7) is 4.05. The van der Waals surface area contributed by atoms with Crippen LogP contribution in [0.1, 0.15) is 38.4 Å². The van der Waals surface area contributed by atoms with Crippen LogP contribution in [0.2, 0.25) is 0 Å². The summed E-state index contributed by atoms with van der Waals surface area (Å²) in [6, 6.07) is 1.37. The number of aryl methyl sites for hydroxylation is 1. The van der Waals surface area contributed by atoms with Crippen LogP contribution in [0.25, 0.3) is 0 Å². The first kappa shape index (κ1) is 13.4. The zero-order valence-electron chi connectivity index (χ0n) is 11.6. The molecule has 1 heterocycles. The summed E-state index contributed by atoms with van der Waals surface area (Å²) < 4.78 is 0. The minimum Gasteiger partial charge on any atom is -0.314 e. The smallest absolute Gasteiger partial charge is 0.188 e. The molecule has 0 amide bonds. The first-order chi connectivity index (χ1) is 8.69. The number of tetrazole rings is 1. The van der Waals surface area contributed by atoms with Gasteiger partial charge in [0.1, 0.15) is 0 Å². The zero-order valence-corrected chi connectivity index (χ0v) is 11.6. The molecule has 2 rings (SSSR count). The molecular formula is C12H24N6. The van der Waals surface area contributed by atoms with Crippen molar-refractivity contribution in [2.75, 3.05) is 13.6 Å². The Morgan fingerprint density at radius 2 is 2.06 bits per heavy atom. The fourth-order valence-corrected chi connectivity index (χ4v) is 2.75. The molecule has 0 radical (unpaired) electrons. The number of nitrogens with one attached hydrogen (secondary N) is 1. The van der Waals surface area contributed by atoms with Gasteiger partial charge in [-0.3, -0.25) is 4.90 Å². The predicted octanol–water partition coefficient (Wildman–Crippen LogP) is 0.563. The highest BCUT2D eigenvalue weighted by Crippen LogP contribution is 2.22. The second-order valence-corrected chi connectivity index (χ2v) is 5.17. The number of aromatic nitrogens is 4. The average Bonchev–Trinajstić information content (AvgIpc) is 2.76. The van der Waals surface area contributed by atoms with E-state index in [-0.39, 0.29) is 0 Å². The lowest BCUT2D eigenvalue weighted by Gasteiger charge is -2.34. The van der Waals surface area contributed by atoms with Crippen molar-refractivity contribution < 1.29 is 0 Å². The van der Waals surface area contributed by atoms with Gasteiger partial charge in [0.05, 0.1) is 13.6 Å². The molecule has 0 saturated heterocycles. The van der Waals surface area contributed by atoms with E-state index in [1.807, 2.05) is 0 Å². The Bertz CT molecular complexity index is 355. The molecule has 0 atom stereocenters. The summed E-state index contributed by atoms with van der Waals surface area (Å²) >= 11 is 0. The van der Waals surface area contributed by atoms with Crippen LogP contribution in [0, 0.1) is 0 Å². The summed E-state index contributed by atoms with van der Waals surface area (Å²) in [5.74, 6) is 0.814. The average molecular weight is 252 g/mol. The highest BCUT2D eigenvalue weighted by atomic mass is 15.6. The Morgan fingerprint density at radius 1 is 1.33 bits per heavy atom. The Morgan fingerprint density at radius 3 is 2.61 bits per heavy atom. The van der Waals surface area contributed by atoms with Crippen LogP contribution < -0.4 is 5.32 Å². The van der Waals surface area contributed by atoms with Crippen LogP contribution in [-0.2, 0) is 13.6 Å². The molecule has 6 heteroatoms. The summed E-state index contributed by atoms with van der Waals surface area (Å²) in [5.41, 5.74) is 0. The van der Waals surface area contributed by atoms with E-state index in [1.165, 1.54) is 30.5 Å². The van der Waals surface area contributed by atoms with Crippen molar-refractivity contribution in [3.63, 3.8) is 0 Å². The van der Waals surface area contributed by atoms with E-state index in [1.54, 1.807) is 7.05 Å². The molecule has 1 fully saturated rings. The molecule has 1 N–H and O–H groups in total. The number of hydrogen-bond acceptors (Lipinski definition) is 5. The third-order valence-corrected chi connectivity index (χ3v) is 3.75. The van der Waals surface area contributed by atoms with E-state index in [0.717, 1.165) is 18.9 Å². The first-order valence-electron chi connectivity index (χ1n) is 6.85. The quantitative estimate of drug-likeness (QED) is 0.830. The van der Waals surface area contributed by atoms with E-state index in [4.69, 9.17) is 0 Å². The molecule has 102 valence electrons. The van der Waals surface area contributed by atoms with Gasteiger partial charge < -0.3 is 5.32 Å². The zero-order chi connectivity index (χ0) is 13.0. The molecule has 0 bridgehead atoms. The largest absolute Gasteiger partial charge is 0.314 e. The third-order valence-electron chi connectivity index (χ3n) is 3.75. The van der Waals surface area contributed by atoms with Crippen molar-refractivity contribution in [2.45, 2.75) is 51.2 Å². The van der Waals surface area contributed by atoms with Crippen molar-refractivity contribution in [1.29, 1.82) is 0 Å². The molecule has 0 spiro atoms. The van der Waals surface area contributed by atoms with Gasteiger partial charge in [-0.25, -0.2) is 0 Å². The van der Waals surface area contributed by atoms with Crippen molar-refractivity contribution in [2.24, 2.45) is 7.05 Å².